The van der Waals surface area contributed by atoms with Gasteiger partial charge in [-0.1, -0.05) is 5.21 Å². The van der Waals surface area contributed by atoms with Gasteiger partial charge < -0.3 is 9.15 Å². The minimum absolute atomic E-state index is 0.0201. The highest BCUT2D eigenvalue weighted by atomic mass is 19.3. The number of likely N-dealkylation sites (tertiary alicyclic amines) is 1. The molecule has 0 amide bonds. The van der Waals surface area contributed by atoms with Crippen molar-refractivity contribution in [3.05, 3.63) is 41.8 Å². The zero-order chi connectivity index (χ0) is 21.5. The molecule has 1 unspecified atom stereocenters. The van der Waals surface area contributed by atoms with Crippen LogP contribution >= 0.6 is 0 Å². The summed E-state index contributed by atoms with van der Waals surface area (Å²) in [6, 6.07) is 3.79. The molecule has 0 saturated carbocycles. The lowest BCUT2D eigenvalue weighted by molar-refractivity contribution is -0.126. The molecule has 10 nitrogen and oxygen atoms in total. The number of hydrogen-bond acceptors (Lipinski definition) is 9. The number of ether oxygens (including phenoxy) is 1. The molecular weight excluding hydrogens is 400 g/mol. The van der Waals surface area contributed by atoms with E-state index in [4.69, 9.17) is 9.21 Å². The largest absolute Gasteiger partial charge is 0.471 e. The van der Waals surface area contributed by atoms with E-state index in [1.54, 1.807) is 16.8 Å². The zero-order valence-corrected chi connectivity index (χ0v) is 16.5. The van der Waals surface area contributed by atoms with Crippen molar-refractivity contribution in [2.45, 2.75) is 31.9 Å². The Bertz CT molecular complexity index is 945. The Morgan fingerprint density at radius 1 is 1.33 bits per heavy atom. The Labute approximate surface area is 170 Å². The van der Waals surface area contributed by atoms with E-state index in [2.05, 4.69) is 42.2 Å². The molecule has 0 N–H and O–H groups in total. The number of aromatic nitrogens is 6. The first-order valence-corrected chi connectivity index (χ1v) is 9.15. The number of nitrogens with zero attached hydrogens (tertiary/aromatic N) is 7. The summed E-state index contributed by atoms with van der Waals surface area (Å²) in [5.41, 5.74) is 2.21. The molecule has 1 saturated heterocycles. The Morgan fingerprint density at radius 2 is 2.13 bits per heavy atom. The van der Waals surface area contributed by atoms with Crippen molar-refractivity contribution < 1.29 is 22.7 Å². The lowest BCUT2D eigenvalue weighted by atomic mass is 10.2. The highest BCUT2D eigenvalue weighted by Gasteiger charge is 2.25. The van der Waals surface area contributed by atoms with Crippen LogP contribution in [0.15, 0.2) is 28.9 Å². The predicted octanol–water partition coefficient (Wildman–Crippen LogP) is 2.26. The highest BCUT2D eigenvalue weighted by molar-refractivity contribution is 5.50. The summed E-state index contributed by atoms with van der Waals surface area (Å²) in [5.74, 6) is -0.678. The smallest absolute Gasteiger partial charge is 0.314 e. The van der Waals surface area contributed by atoms with Crippen molar-refractivity contribution in [2.75, 3.05) is 20.7 Å². The number of carbonyl (C=O) groups is 1. The maximum Gasteiger partial charge on any atom is 0.314 e. The van der Waals surface area contributed by atoms with Gasteiger partial charge in [0.1, 0.15) is 0 Å². The lowest BCUT2D eigenvalue weighted by Gasteiger charge is -2.15. The Kier molecular flexibility index (Phi) is 7.12. The Morgan fingerprint density at radius 3 is 2.70 bits per heavy atom. The summed E-state index contributed by atoms with van der Waals surface area (Å²) >= 11 is 0. The normalized spacial score (nSPS) is 16.4. The van der Waals surface area contributed by atoms with Gasteiger partial charge in [-0.2, -0.15) is 8.78 Å². The number of halogens is 2. The molecule has 4 heterocycles. The van der Waals surface area contributed by atoms with Gasteiger partial charge in [0.15, 0.2) is 0 Å². The van der Waals surface area contributed by atoms with Crippen LogP contribution in [-0.2, 0) is 16.1 Å². The average Bonchev–Trinajstić information content (AvgIpc) is 3.49. The molecular formula is C18H21F2N7O3. The molecule has 0 aliphatic carbocycles. The average molecular weight is 421 g/mol. The Balaban J connectivity index is 0.000000589. The van der Waals surface area contributed by atoms with E-state index in [1.807, 2.05) is 6.20 Å². The minimum atomic E-state index is -2.79. The maximum atomic E-state index is 12.5. The lowest BCUT2D eigenvalue weighted by Crippen LogP contribution is -2.17. The van der Waals surface area contributed by atoms with E-state index < -0.39 is 12.3 Å². The van der Waals surface area contributed by atoms with Gasteiger partial charge in [-0.3, -0.25) is 14.7 Å². The van der Waals surface area contributed by atoms with E-state index in [-0.39, 0.29) is 5.89 Å². The quantitative estimate of drug-likeness (QED) is 0.553. The third kappa shape index (κ3) is 5.20. The van der Waals surface area contributed by atoms with E-state index in [1.165, 1.54) is 19.7 Å². The van der Waals surface area contributed by atoms with Gasteiger partial charge in [0, 0.05) is 6.20 Å². The van der Waals surface area contributed by atoms with Crippen molar-refractivity contribution in [1.29, 1.82) is 0 Å². The summed E-state index contributed by atoms with van der Waals surface area (Å²) in [5, 5.41) is 15.4. The molecule has 30 heavy (non-hydrogen) atoms. The van der Waals surface area contributed by atoms with E-state index in [0.717, 1.165) is 24.4 Å². The number of hydrogen-bond donors (Lipinski definition) is 0. The zero-order valence-electron chi connectivity index (χ0n) is 16.5. The van der Waals surface area contributed by atoms with Gasteiger partial charge in [0.25, 0.3) is 12.4 Å². The molecule has 3 aromatic rings. The molecule has 1 aliphatic rings. The molecule has 1 aliphatic heterocycles. The maximum absolute atomic E-state index is 12.5. The van der Waals surface area contributed by atoms with Crippen molar-refractivity contribution in [3.63, 3.8) is 0 Å². The van der Waals surface area contributed by atoms with Gasteiger partial charge in [-0.05, 0) is 38.6 Å². The van der Waals surface area contributed by atoms with Crippen LogP contribution in [0.25, 0.3) is 11.5 Å². The number of carbonyl (C=O) groups excluding carboxylic acids is 1. The molecule has 0 spiro atoms. The fourth-order valence-electron chi connectivity index (χ4n) is 3.08. The van der Waals surface area contributed by atoms with Crippen LogP contribution in [-0.4, -0.2) is 62.2 Å². The molecule has 160 valence electrons. The van der Waals surface area contributed by atoms with E-state index in [0.29, 0.717) is 24.6 Å². The number of alkyl halides is 2. The molecule has 4 rings (SSSR count). The summed E-state index contributed by atoms with van der Waals surface area (Å²) < 4.78 is 35.5. The van der Waals surface area contributed by atoms with Crippen LogP contribution < -0.4 is 0 Å². The van der Waals surface area contributed by atoms with Crippen LogP contribution in [0.5, 0.6) is 0 Å². The van der Waals surface area contributed by atoms with Crippen LogP contribution in [0.2, 0.25) is 0 Å². The number of rotatable bonds is 6. The second kappa shape index (κ2) is 9.96. The van der Waals surface area contributed by atoms with Gasteiger partial charge in [0.2, 0.25) is 5.89 Å². The first-order chi connectivity index (χ1) is 14.5. The fourth-order valence-corrected chi connectivity index (χ4v) is 3.08. The van der Waals surface area contributed by atoms with Gasteiger partial charge in [0.05, 0.1) is 42.8 Å². The topological polar surface area (TPSA) is 112 Å². The summed E-state index contributed by atoms with van der Waals surface area (Å²) in [6.07, 6.45) is 2.92. The van der Waals surface area contributed by atoms with Crippen LogP contribution in [0.3, 0.4) is 0 Å². The molecule has 1 atom stereocenters. The molecule has 3 aromatic heterocycles. The fraction of sp³-hybridized carbons (Fsp3) is 0.444. The molecule has 12 heteroatoms. The third-order valence-electron chi connectivity index (χ3n) is 4.54. The van der Waals surface area contributed by atoms with E-state index in [9.17, 15) is 8.78 Å². The van der Waals surface area contributed by atoms with Crippen molar-refractivity contribution in [3.8, 4) is 11.5 Å². The molecule has 0 radical (unpaired) electrons. The monoisotopic (exact) mass is 421 g/mol. The molecule has 0 aromatic carbocycles. The standard InChI is InChI=1S/C16H17F2N7O.C2H4O2/c1-24-6-2-3-13(24)12-9-25(23-20-12)8-11-5-4-10(7-19-11)15-21-22-16(26-15)14(17)18;1-4-2-3/h4-5,7,9,13-14H,2-3,6,8H2,1H3;2H,1H3. The van der Waals surface area contributed by atoms with Crippen molar-refractivity contribution in [1.82, 2.24) is 35.1 Å². The number of pyridine rings is 1. The first kappa shape index (κ1) is 21.4. The third-order valence-corrected chi connectivity index (χ3v) is 4.54. The summed E-state index contributed by atoms with van der Waals surface area (Å²) in [7, 11) is 3.40. The van der Waals surface area contributed by atoms with Gasteiger partial charge >= 0.3 is 6.43 Å². The second-order valence-electron chi connectivity index (χ2n) is 6.60. The van der Waals surface area contributed by atoms with Crippen molar-refractivity contribution in [2.24, 2.45) is 0 Å². The second-order valence-corrected chi connectivity index (χ2v) is 6.60. The summed E-state index contributed by atoms with van der Waals surface area (Å²) in [6.45, 7) is 1.92. The molecule has 1 fully saturated rings. The molecule has 0 bridgehead atoms. The first-order valence-electron chi connectivity index (χ1n) is 9.15. The Hall–Kier alpha value is -3.28. The SMILES string of the molecule is CN1CCCC1c1cn(Cc2ccc(-c3nnc(C(F)F)o3)cn2)nn1.COC=O. The van der Waals surface area contributed by atoms with Crippen molar-refractivity contribution >= 4 is 6.47 Å². The number of methoxy groups -OCH3 is 1. The minimum Gasteiger partial charge on any atom is -0.471 e. The predicted molar refractivity (Wildman–Crippen MR) is 99.3 cm³/mol. The van der Waals surface area contributed by atoms with Crippen LogP contribution in [0.4, 0.5) is 8.78 Å². The van der Waals surface area contributed by atoms with Crippen LogP contribution in [0, 0.1) is 0 Å². The van der Waals surface area contributed by atoms with E-state index >= 15 is 0 Å². The van der Waals surface area contributed by atoms with Crippen LogP contribution in [0.1, 0.15) is 42.6 Å². The van der Waals surface area contributed by atoms with Gasteiger partial charge in [-0.15, -0.1) is 15.3 Å². The van der Waals surface area contributed by atoms with Gasteiger partial charge in [-0.25, -0.2) is 4.68 Å². The highest BCUT2D eigenvalue weighted by Crippen LogP contribution is 2.28. The summed E-state index contributed by atoms with van der Waals surface area (Å²) in [4.78, 5) is 15.5.